The molecule has 0 atom stereocenters. The van der Waals surface area contributed by atoms with Crippen LogP contribution in [0.2, 0.25) is 0 Å². The van der Waals surface area contributed by atoms with Gasteiger partial charge in [0, 0.05) is 13.1 Å². The first-order valence-electron chi connectivity index (χ1n) is 7.12. The third kappa shape index (κ3) is 3.21. The molecule has 0 aromatic heterocycles. The van der Waals surface area contributed by atoms with Gasteiger partial charge in [-0.3, -0.25) is 0 Å². The monoisotopic (exact) mass is 272 g/mol. The summed E-state index contributed by atoms with van der Waals surface area (Å²) in [5, 5.41) is 3.12. The molecule has 1 aromatic rings. The molecule has 0 radical (unpaired) electrons. The Labute approximate surface area is 121 Å². The van der Waals surface area contributed by atoms with Crippen molar-refractivity contribution in [2.24, 2.45) is 0 Å². The lowest BCUT2D eigenvalue weighted by Crippen LogP contribution is -2.47. The number of hydrogen-bond acceptors (Lipinski definition) is 1. The standard InChI is InChI=1S/C17H24N2O/c1-12(2)13-7-6-8-14(11-13)17(3,4)18-16(20)19(5)15-9-10-15/h6-8,11,15H,1,9-10H2,2-5H3,(H,18,20). The van der Waals surface area contributed by atoms with Gasteiger partial charge in [0.2, 0.25) is 0 Å². The maximum atomic E-state index is 12.2. The zero-order valence-corrected chi connectivity index (χ0v) is 12.9. The predicted molar refractivity (Wildman–Crippen MR) is 83.5 cm³/mol. The molecule has 0 unspecified atom stereocenters. The summed E-state index contributed by atoms with van der Waals surface area (Å²) in [6, 6.07) is 8.62. The molecule has 1 saturated carbocycles. The van der Waals surface area contributed by atoms with E-state index in [1.807, 2.05) is 50.9 Å². The van der Waals surface area contributed by atoms with Crippen LogP contribution < -0.4 is 5.32 Å². The van der Waals surface area contributed by atoms with Crippen molar-refractivity contribution in [2.45, 2.75) is 45.2 Å². The summed E-state index contributed by atoms with van der Waals surface area (Å²) in [6.07, 6.45) is 2.24. The number of nitrogens with one attached hydrogen (secondary N) is 1. The van der Waals surface area contributed by atoms with Gasteiger partial charge in [0.15, 0.2) is 0 Å². The maximum absolute atomic E-state index is 12.2. The van der Waals surface area contributed by atoms with Gasteiger partial charge >= 0.3 is 6.03 Å². The average Bonchev–Trinajstić information content (AvgIpc) is 3.21. The minimum atomic E-state index is -0.397. The molecule has 0 heterocycles. The highest BCUT2D eigenvalue weighted by Gasteiger charge is 2.32. The molecular weight excluding hydrogens is 248 g/mol. The third-order valence-corrected chi connectivity index (χ3v) is 3.91. The smallest absolute Gasteiger partial charge is 0.318 e. The molecule has 3 nitrogen and oxygen atoms in total. The zero-order chi connectivity index (χ0) is 14.9. The van der Waals surface area contributed by atoms with Crippen LogP contribution in [0.5, 0.6) is 0 Å². The largest absolute Gasteiger partial charge is 0.329 e. The van der Waals surface area contributed by atoms with E-state index >= 15 is 0 Å². The normalized spacial score (nSPS) is 14.8. The highest BCUT2D eigenvalue weighted by atomic mass is 16.2. The molecule has 0 aliphatic heterocycles. The number of carbonyl (C=O) groups is 1. The highest BCUT2D eigenvalue weighted by Crippen LogP contribution is 2.27. The summed E-state index contributed by atoms with van der Waals surface area (Å²) in [5.41, 5.74) is 2.84. The number of nitrogens with zero attached hydrogens (tertiary/aromatic N) is 1. The van der Waals surface area contributed by atoms with Crippen LogP contribution >= 0.6 is 0 Å². The van der Waals surface area contributed by atoms with Gasteiger partial charge < -0.3 is 10.2 Å². The van der Waals surface area contributed by atoms with Crippen LogP contribution in [0.1, 0.15) is 44.7 Å². The van der Waals surface area contributed by atoms with Gasteiger partial charge in [0.1, 0.15) is 0 Å². The summed E-state index contributed by atoms with van der Waals surface area (Å²) >= 11 is 0. The van der Waals surface area contributed by atoms with Crippen LogP contribution in [0.15, 0.2) is 30.8 Å². The molecule has 0 saturated heterocycles. The van der Waals surface area contributed by atoms with E-state index < -0.39 is 5.54 Å². The van der Waals surface area contributed by atoms with E-state index in [0.717, 1.165) is 29.5 Å². The number of rotatable bonds is 4. The fourth-order valence-corrected chi connectivity index (χ4v) is 2.23. The van der Waals surface area contributed by atoms with Crippen LogP contribution in [0.3, 0.4) is 0 Å². The quantitative estimate of drug-likeness (QED) is 0.889. The van der Waals surface area contributed by atoms with Crippen molar-refractivity contribution in [1.29, 1.82) is 0 Å². The second-order valence-electron chi connectivity index (χ2n) is 6.26. The summed E-state index contributed by atoms with van der Waals surface area (Å²) in [5.74, 6) is 0. The van der Waals surface area contributed by atoms with Gasteiger partial charge in [-0.05, 0) is 50.8 Å². The fraction of sp³-hybridized carbons (Fsp3) is 0.471. The van der Waals surface area contributed by atoms with Crippen LogP contribution in [-0.4, -0.2) is 24.0 Å². The van der Waals surface area contributed by atoms with Crippen molar-refractivity contribution >= 4 is 11.6 Å². The molecule has 0 bridgehead atoms. The maximum Gasteiger partial charge on any atom is 0.318 e. The Kier molecular flexibility index (Phi) is 3.89. The van der Waals surface area contributed by atoms with E-state index in [0.29, 0.717) is 6.04 Å². The average molecular weight is 272 g/mol. The lowest BCUT2D eigenvalue weighted by Gasteiger charge is -2.30. The predicted octanol–water partition coefficient (Wildman–Crippen LogP) is 3.76. The topological polar surface area (TPSA) is 32.3 Å². The molecule has 0 spiro atoms. The molecule has 1 N–H and O–H groups in total. The molecule has 2 rings (SSSR count). The van der Waals surface area contributed by atoms with Crippen LogP contribution in [0.4, 0.5) is 4.79 Å². The molecule has 108 valence electrons. The third-order valence-electron chi connectivity index (χ3n) is 3.91. The molecule has 1 aromatic carbocycles. The Morgan fingerprint density at radius 1 is 1.40 bits per heavy atom. The number of urea groups is 1. The molecule has 20 heavy (non-hydrogen) atoms. The Morgan fingerprint density at radius 3 is 2.60 bits per heavy atom. The number of hydrogen-bond donors (Lipinski definition) is 1. The van der Waals surface area contributed by atoms with E-state index in [9.17, 15) is 4.79 Å². The lowest BCUT2D eigenvalue weighted by molar-refractivity contribution is 0.195. The molecule has 3 heteroatoms. The van der Waals surface area contributed by atoms with Crippen molar-refractivity contribution in [2.75, 3.05) is 7.05 Å². The lowest BCUT2D eigenvalue weighted by atomic mass is 9.92. The second-order valence-corrected chi connectivity index (χ2v) is 6.26. The van der Waals surface area contributed by atoms with Gasteiger partial charge in [0.25, 0.3) is 0 Å². The van der Waals surface area contributed by atoms with E-state index in [1.54, 1.807) is 0 Å². The van der Waals surface area contributed by atoms with Crippen molar-refractivity contribution in [3.8, 4) is 0 Å². The number of carbonyl (C=O) groups excluding carboxylic acids is 1. The van der Waals surface area contributed by atoms with Crippen molar-refractivity contribution in [3.05, 3.63) is 42.0 Å². The molecule has 1 aliphatic rings. The summed E-state index contributed by atoms with van der Waals surface area (Å²) in [4.78, 5) is 14.0. The highest BCUT2D eigenvalue weighted by molar-refractivity contribution is 5.75. The van der Waals surface area contributed by atoms with Crippen LogP contribution in [0, 0.1) is 0 Å². The molecule has 1 fully saturated rings. The second kappa shape index (κ2) is 5.31. The molecular formula is C17H24N2O. The minimum absolute atomic E-state index is 0.00164. The first-order chi connectivity index (χ1) is 9.31. The van der Waals surface area contributed by atoms with E-state index in [4.69, 9.17) is 0 Å². The molecule has 1 aliphatic carbocycles. The fourth-order valence-electron chi connectivity index (χ4n) is 2.23. The number of amides is 2. The summed E-state index contributed by atoms with van der Waals surface area (Å²) in [6.45, 7) is 10.0. The van der Waals surface area contributed by atoms with Crippen LogP contribution in [-0.2, 0) is 5.54 Å². The van der Waals surface area contributed by atoms with Crippen molar-refractivity contribution in [1.82, 2.24) is 10.2 Å². The van der Waals surface area contributed by atoms with Gasteiger partial charge in [-0.2, -0.15) is 0 Å². The van der Waals surface area contributed by atoms with Crippen molar-refractivity contribution in [3.63, 3.8) is 0 Å². The zero-order valence-electron chi connectivity index (χ0n) is 12.9. The Bertz CT molecular complexity index is 530. The Morgan fingerprint density at radius 2 is 2.05 bits per heavy atom. The minimum Gasteiger partial charge on any atom is -0.329 e. The van der Waals surface area contributed by atoms with Crippen molar-refractivity contribution < 1.29 is 4.79 Å². The van der Waals surface area contributed by atoms with Crippen LogP contribution in [0.25, 0.3) is 5.57 Å². The van der Waals surface area contributed by atoms with E-state index in [-0.39, 0.29) is 6.03 Å². The summed E-state index contributed by atoms with van der Waals surface area (Å²) < 4.78 is 0. The van der Waals surface area contributed by atoms with Gasteiger partial charge in [-0.25, -0.2) is 4.79 Å². The van der Waals surface area contributed by atoms with Gasteiger partial charge in [-0.15, -0.1) is 0 Å². The van der Waals surface area contributed by atoms with Gasteiger partial charge in [-0.1, -0.05) is 30.4 Å². The molecule has 2 amide bonds. The summed E-state index contributed by atoms with van der Waals surface area (Å²) in [7, 11) is 1.87. The SMILES string of the molecule is C=C(C)c1cccc(C(C)(C)NC(=O)N(C)C2CC2)c1. The van der Waals surface area contributed by atoms with E-state index in [2.05, 4.69) is 18.0 Å². The van der Waals surface area contributed by atoms with Gasteiger partial charge in [0.05, 0.1) is 5.54 Å². The number of allylic oxidation sites excluding steroid dienone is 1. The van der Waals surface area contributed by atoms with E-state index in [1.165, 1.54) is 0 Å². The first kappa shape index (κ1) is 14.6. The Balaban J connectivity index is 2.14. The first-order valence-corrected chi connectivity index (χ1v) is 7.12. The number of benzene rings is 1. The Hall–Kier alpha value is -1.77.